The van der Waals surface area contributed by atoms with Gasteiger partial charge in [-0.1, -0.05) is 0 Å². The van der Waals surface area contributed by atoms with Crippen LogP contribution in [0.15, 0.2) is 0 Å². The molecule has 1 aromatic rings. The second-order valence-corrected chi connectivity index (χ2v) is 2.22. The number of carboxylic acids is 3. The van der Waals surface area contributed by atoms with Gasteiger partial charge >= 0.3 is 17.9 Å². The van der Waals surface area contributed by atoms with Gasteiger partial charge in [-0.2, -0.15) is 15.0 Å². The van der Waals surface area contributed by atoms with Crippen molar-refractivity contribution < 1.29 is 29.7 Å². The topological polar surface area (TPSA) is 151 Å². The lowest BCUT2D eigenvalue weighted by Gasteiger charge is -1.97. The van der Waals surface area contributed by atoms with Gasteiger partial charge in [-0.05, 0) is 0 Å². The van der Waals surface area contributed by atoms with Gasteiger partial charge in [-0.25, -0.2) is 14.4 Å². The summed E-state index contributed by atoms with van der Waals surface area (Å²) in [5.74, 6) is -7.70. The zero-order valence-electron chi connectivity index (χ0n) is 6.91. The first-order valence-corrected chi connectivity index (χ1v) is 3.37. The van der Waals surface area contributed by atoms with Crippen LogP contribution in [0.3, 0.4) is 0 Å². The van der Waals surface area contributed by atoms with Crippen LogP contribution in [0.1, 0.15) is 31.9 Å². The monoisotopic (exact) mass is 213 g/mol. The van der Waals surface area contributed by atoms with Crippen molar-refractivity contribution in [1.29, 1.82) is 0 Å². The van der Waals surface area contributed by atoms with Crippen LogP contribution in [-0.4, -0.2) is 48.2 Å². The molecule has 0 aliphatic heterocycles. The van der Waals surface area contributed by atoms with Gasteiger partial charge in [-0.15, -0.1) is 0 Å². The summed E-state index contributed by atoms with van der Waals surface area (Å²) in [7, 11) is 0. The Bertz CT molecular complexity index is 377. The van der Waals surface area contributed by atoms with Gasteiger partial charge in [0, 0.05) is 0 Å². The van der Waals surface area contributed by atoms with E-state index in [9.17, 15) is 14.4 Å². The van der Waals surface area contributed by atoms with Crippen LogP contribution < -0.4 is 0 Å². The second-order valence-electron chi connectivity index (χ2n) is 2.22. The van der Waals surface area contributed by atoms with Gasteiger partial charge in [0.25, 0.3) is 0 Å². The lowest BCUT2D eigenvalue weighted by molar-refractivity contribution is 0.0666. The zero-order chi connectivity index (χ0) is 11.6. The molecule has 78 valence electrons. The third kappa shape index (κ3) is 2.21. The smallest absolute Gasteiger partial charge is 0.374 e. The molecule has 0 unspecified atom stereocenters. The third-order valence-corrected chi connectivity index (χ3v) is 1.21. The first-order chi connectivity index (χ1) is 6.91. The van der Waals surface area contributed by atoms with Crippen LogP contribution in [0.4, 0.5) is 0 Å². The molecule has 1 aromatic heterocycles. The maximum absolute atomic E-state index is 10.4. The molecule has 9 heteroatoms. The molecule has 15 heavy (non-hydrogen) atoms. The Morgan fingerprint density at radius 3 is 1.00 bits per heavy atom. The van der Waals surface area contributed by atoms with Crippen molar-refractivity contribution in [1.82, 2.24) is 15.0 Å². The third-order valence-electron chi connectivity index (χ3n) is 1.21. The van der Waals surface area contributed by atoms with E-state index in [-0.39, 0.29) is 0 Å². The van der Waals surface area contributed by atoms with Crippen molar-refractivity contribution >= 4 is 17.9 Å². The van der Waals surface area contributed by atoms with Crippen LogP contribution in [0.25, 0.3) is 0 Å². The minimum Gasteiger partial charge on any atom is -0.475 e. The summed E-state index contributed by atoms with van der Waals surface area (Å²) >= 11 is 0. The SMILES string of the molecule is O=C(O)c1nc(C(=O)O)nc(C(=O)O)n1. The highest BCUT2D eigenvalue weighted by atomic mass is 16.4. The summed E-state index contributed by atoms with van der Waals surface area (Å²) in [5.41, 5.74) is 0. The molecule has 0 bridgehead atoms. The summed E-state index contributed by atoms with van der Waals surface area (Å²) in [6.45, 7) is 0. The number of nitrogens with zero attached hydrogens (tertiary/aromatic N) is 3. The number of carbonyl (C=O) groups is 3. The summed E-state index contributed by atoms with van der Waals surface area (Å²) in [4.78, 5) is 40.3. The molecule has 9 nitrogen and oxygen atoms in total. The van der Waals surface area contributed by atoms with E-state index >= 15 is 0 Å². The van der Waals surface area contributed by atoms with E-state index in [0.29, 0.717) is 0 Å². The lowest BCUT2D eigenvalue weighted by Crippen LogP contribution is -2.17. The number of aromatic nitrogens is 3. The number of carboxylic acid groups (broad SMARTS) is 3. The maximum Gasteiger partial charge on any atom is 0.374 e. The van der Waals surface area contributed by atoms with Crippen molar-refractivity contribution in [3.63, 3.8) is 0 Å². The molecule has 0 atom stereocenters. The molecule has 0 aliphatic carbocycles. The Hall–Kier alpha value is -2.58. The summed E-state index contributed by atoms with van der Waals surface area (Å²) < 4.78 is 0. The number of rotatable bonds is 3. The van der Waals surface area contributed by atoms with E-state index in [4.69, 9.17) is 15.3 Å². The van der Waals surface area contributed by atoms with Gasteiger partial charge in [0.1, 0.15) is 0 Å². The number of hydrogen-bond acceptors (Lipinski definition) is 6. The molecule has 0 fully saturated rings. The lowest BCUT2D eigenvalue weighted by atomic mass is 10.5. The molecular formula is C6H3N3O6. The Morgan fingerprint density at radius 2 is 0.867 bits per heavy atom. The first-order valence-electron chi connectivity index (χ1n) is 3.37. The Kier molecular flexibility index (Phi) is 2.56. The maximum atomic E-state index is 10.4. The minimum atomic E-state index is -1.64. The number of hydrogen-bond donors (Lipinski definition) is 3. The molecule has 1 rings (SSSR count). The Labute approximate surface area is 81.1 Å². The summed E-state index contributed by atoms with van der Waals surface area (Å²) in [6.07, 6.45) is 0. The second kappa shape index (κ2) is 3.65. The van der Waals surface area contributed by atoms with Crippen LogP contribution >= 0.6 is 0 Å². The van der Waals surface area contributed by atoms with Crippen molar-refractivity contribution in [2.24, 2.45) is 0 Å². The average Bonchev–Trinajstić information content (AvgIpc) is 2.16. The Balaban J connectivity index is 3.39. The molecule has 0 amide bonds. The molecule has 0 aromatic carbocycles. The van der Waals surface area contributed by atoms with Gasteiger partial charge in [0.15, 0.2) is 0 Å². The molecule has 0 radical (unpaired) electrons. The predicted molar refractivity (Wildman–Crippen MR) is 40.7 cm³/mol. The minimum absolute atomic E-state index is 0.931. The van der Waals surface area contributed by atoms with E-state index < -0.39 is 35.4 Å². The number of aromatic carboxylic acids is 3. The van der Waals surface area contributed by atoms with Crippen molar-refractivity contribution in [3.05, 3.63) is 17.5 Å². The van der Waals surface area contributed by atoms with E-state index in [1.807, 2.05) is 0 Å². The average molecular weight is 213 g/mol. The zero-order valence-corrected chi connectivity index (χ0v) is 6.91. The van der Waals surface area contributed by atoms with Crippen LogP contribution in [0.2, 0.25) is 0 Å². The van der Waals surface area contributed by atoms with E-state index in [1.165, 1.54) is 0 Å². The van der Waals surface area contributed by atoms with Gasteiger partial charge in [0.2, 0.25) is 17.5 Å². The highest BCUT2D eigenvalue weighted by Crippen LogP contribution is 1.97. The molecule has 1 heterocycles. The van der Waals surface area contributed by atoms with E-state index in [0.717, 1.165) is 0 Å². The fourth-order valence-electron chi connectivity index (χ4n) is 0.663. The summed E-state index contributed by atoms with van der Waals surface area (Å²) in [5, 5.41) is 25.4. The van der Waals surface area contributed by atoms with Crippen molar-refractivity contribution in [2.75, 3.05) is 0 Å². The normalized spacial score (nSPS) is 9.60. The summed E-state index contributed by atoms with van der Waals surface area (Å²) in [6, 6.07) is 0. The molecule has 0 spiro atoms. The van der Waals surface area contributed by atoms with E-state index in [2.05, 4.69) is 15.0 Å². The largest absolute Gasteiger partial charge is 0.475 e. The van der Waals surface area contributed by atoms with E-state index in [1.54, 1.807) is 0 Å². The molecule has 0 saturated carbocycles. The van der Waals surface area contributed by atoms with Crippen LogP contribution in [0, 0.1) is 0 Å². The van der Waals surface area contributed by atoms with Crippen LogP contribution in [-0.2, 0) is 0 Å². The van der Waals surface area contributed by atoms with Crippen molar-refractivity contribution in [3.8, 4) is 0 Å². The van der Waals surface area contributed by atoms with Crippen molar-refractivity contribution in [2.45, 2.75) is 0 Å². The fourth-order valence-corrected chi connectivity index (χ4v) is 0.663. The molecule has 0 aliphatic rings. The highest BCUT2D eigenvalue weighted by Gasteiger charge is 2.19. The molecular weight excluding hydrogens is 210 g/mol. The Morgan fingerprint density at radius 1 is 0.667 bits per heavy atom. The first kappa shape index (κ1) is 10.5. The van der Waals surface area contributed by atoms with Gasteiger partial charge in [0.05, 0.1) is 0 Å². The molecule has 3 N–H and O–H groups in total. The fraction of sp³-hybridized carbons (Fsp3) is 0. The van der Waals surface area contributed by atoms with Gasteiger partial charge in [-0.3, -0.25) is 0 Å². The molecule has 0 saturated heterocycles. The van der Waals surface area contributed by atoms with Gasteiger partial charge < -0.3 is 15.3 Å². The predicted octanol–water partition coefficient (Wildman–Crippen LogP) is -1.03. The standard InChI is InChI=1S/C6H3N3O6/c10-4(11)1-7-2(5(12)13)9-3(8-1)6(14)15/h(H,10,11)(H,12,13)(H,14,15). The van der Waals surface area contributed by atoms with Crippen LogP contribution in [0.5, 0.6) is 0 Å². The quantitative estimate of drug-likeness (QED) is 0.571. The highest BCUT2D eigenvalue weighted by molar-refractivity contribution is 5.90.